The van der Waals surface area contributed by atoms with E-state index in [0.717, 1.165) is 10.2 Å². The van der Waals surface area contributed by atoms with Crippen molar-refractivity contribution in [1.82, 2.24) is 15.2 Å². The zero-order chi connectivity index (χ0) is 16.5. The molecule has 0 spiro atoms. The molecule has 120 valence electrons. The van der Waals surface area contributed by atoms with Crippen LogP contribution in [0.2, 0.25) is 0 Å². The third-order valence-corrected chi connectivity index (χ3v) is 4.98. The standard InChI is InChI=1S/C16H11FN4OS2/c1-23-11-6-7-12-13(8-11)24-16(18-12)19-15-21-20-14(22-15)9-2-4-10(17)5-3-9/h2-8H,1H3,(H,18,19,21). The minimum absolute atomic E-state index is 0.249. The Hall–Kier alpha value is -2.45. The molecule has 0 unspecified atom stereocenters. The van der Waals surface area contributed by atoms with Crippen molar-refractivity contribution in [3.05, 3.63) is 48.3 Å². The van der Waals surface area contributed by atoms with E-state index in [1.165, 1.54) is 28.4 Å². The minimum atomic E-state index is -0.310. The van der Waals surface area contributed by atoms with Crippen LogP contribution in [-0.2, 0) is 0 Å². The molecule has 0 fully saturated rings. The lowest BCUT2D eigenvalue weighted by Gasteiger charge is -1.95. The molecule has 1 N–H and O–H groups in total. The van der Waals surface area contributed by atoms with Crippen LogP contribution in [0.1, 0.15) is 0 Å². The van der Waals surface area contributed by atoms with Crippen molar-refractivity contribution >= 4 is 44.5 Å². The molecular weight excluding hydrogens is 347 g/mol. The second-order valence-corrected chi connectivity index (χ2v) is 6.81. The van der Waals surface area contributed by atoms with Gasteiger partial charge in [0.2, 0.25) is 5.89 Å². The molecule has 4 aromatic rings. The Balaban J connectivity index is 1.58. The van der Waals surface area contributed by atoms with E-state index in [1.54, 1.807) is 23.9 Å². The van der Waals surface area contributed by atoms with Gasteiger partial charge in [0, 0.05) is 10.5 Å². The van der Waals surface area contributed by atoms with Crippen LogP contribution in [0.15, 0.2) is 51.8 Å². The molecule has 0 amide bonds. The van der Waals surface area contributed by atoms with E-state index in [0.29, 0.717) is 16.6 Å². The number of aromatic nitrogens is 3. The zero-order valence-electron chi connectivity index (χ0n) is 12.5. The van der Waals surface area contributed by atoms with Crippen LogP contribution in [-0.4, -0.2) is 21.4 Å². The highest BCUT2D eigenvalue weighted by Crippen LogP contribution is 2.31. The number of fused-ring (bicyclic) bond motifs is 1. The van der Waals surface area contributed by atoms with Gasteiger partial charge in [0.15, 0.2) is 5.13 Å². The van der Waals surface area contributed by atoms with E-state index >= 15 is 0 Å². The number of benzene rings is 2. The Bertz CT molecular complexity index is 997. The molecule has 5 nitrogen and oxygen atoms in total. The molecule has 0 bridgehead atoms. The summed E-state index contributed by atoms with van der Waals surface area (Å²) in [4.78, 5) is 5.69. The van der Waals surface area contributed by atoms with Gasteiger partial charge in [-0.15, -0.1) is 16.9 Å². The summed E-state index contributed by atoms with van der Waals surface area (Å²) >= 11 is 3.21. The maximum absolute atomic E-state index is 13.0. The van der Waals surface area contributed by atoms with E-state index in [-0.39, 0.29) is 11.8 Å². The molecule has 0 aliphatic heterocycles. The Morgan fingerprint density at radius 2 is 1.96 bits per heavy atom. The fraction of sp³-hybridized carbons (Fsp3) is 0.0625. The Morgan fingerprint density at radius 1 is 1.12 bits per heavy atom. The summed E-state index contributed by atoms with van der Waals surface area (Å²) in [5.74, 6) is 0.0129. The maximum atomic E-state index is 13.0. The van der Waals surface area contributed by atoms with E-state index in [4.69, 9.17) is 4.42 Å². The first-order chi connectivity index (χ1) is 11.7. The number of nitrogens with one attached hydrogen (secondary N) is 1. The van der Waals surface area contributed by atoms with Gasteiger partial charge in [-0.3, -0.25) is 5.32 Å². The van der Waals surface area contributed by atoms with Crippen molar-refractivity contribution < 1.29 is 8.81 Å². The van der Waals surface area contributed by atoms with Crippen molar-refractivity contribution in [2.75, 3.05) is 11.6 Å². The molecule has 0 aliphatic carbocycles. The minimum Gasteiger partial charge on any atom is -0.403 e. The van der Waals surface area contributed by atoms with Gasteiger partial charge in [0.05, 0.1) is 10.2 Å². The summed E-state index contributed by atoms with van der Waals surface area (Å²) < 4.78 is 19.6. The predicted octanol–water partition coefficient (Wildman–Crippen LogP) is 4.95. The predicted molar refractivity (Wildman–Crippen MR) is 94.4 cm³/mol. The molecule has 0 saturated heterocycles. The SMILES string of the molecule is CSc1ccc2nc(Nc3nnc(-c4ccc(F)cc4)o3)sc2c1. The zero-order valence-corrected chi connectivity index (χ0v) is 14.1. The number of rotatable bonds is 4. The fourth-order valence-electron chi connectivity index (χ4n) is 2.16. The summed E-state index contributed by atoms with van der Waals surface area (Å²) in [7, 11) is 0. The van der Waals surface area contributed by atoms with Crippen molar-refractivity contribution in [1.29, 1.82) is 0 Å². The van der Waals surface area contributed by atoms with Crippen LogP contribution < -0.4 is 5.32 Å². The fourth-order valence-corrected chi connectivity index (χ4v) is 3.57. The smallest absolute Gasteiger partial charge is 0.322 e. The number of thiazole rings is 1. The lowest BCUT2D eigenvalue weighted by Crippen LogP contribution is -1.88. The van der Waals surface area contributed by atoms with Gasteiger partial charge in [-0.05, 0) is 48.7 Å². The normalized spacial score (nSPS) is 11.1. The number of anilines is 2. The highest BCUT2D eigenvalue weighted by molar-refractivity contribution is 7.98. The summed E-state index contributed by atoms with van der Waals surface area (Å²) in [6.07, 6.45) is 2.04. The first-order valence-corrected chi connectivity index (χ1v) is 9.06. The van der Waals surface area contributed by atoms with Crippen LogP contribution in [0, 0.1) is 5.82 Å². The second-order valence-electron chi connectivity index (χ2n) is 4.90. The summed E-state index contributed by atoms with van der Waals surface area (Å²) in [6, 6.07) is 12.3. The van der Waals surface area contributed by atoms with Crippen LogP contribution in [0.5, 0.6) is 0 Å². The van der Waals surface area contributed by atoms with Crippen molar-refractivity contribution in [2.45, 2.75) is 4.90 Å². The first kappa shape index (κ1) is 15.1. The number of hydrogen-bond donors (Lipinski definition) is 1. The average Bonchev–Trinajstić information content (AvgIpc) is 3.21. The van der Waals surface area contributed by atoms with Crippen LogP contribution in [0.25, 0.3) is 21.7 Å². The number of thioether (sulfide) groups is 1. The van der Waals surface area contributed by atoms with Gasteiger partial charge in [0.25, 0.3) is 0 Å². The molecule has 0 aliphatic rings. The van der Waals surface area contributed by atoms with E-state index < -0.39 is 0 Å². The molecule has 2 aromatic carbocycles. The Morgan fingerprint density at radius 3 is 2.75 bits per heavy atom. The van der Waals surface area contributed by atoms with Crippen molar-refractivity contribution in [2.24, 2.45) is 0 Å². The summed E-state index contributed by atoms with van der Waals surface area (Å²) in [6.45, 7) is 0. The van der Waals surface area contributed by atoms with E-state index in [9.17, 15) is 4.39 Å². The van der Waals surface area contributed by atoms with E-state index in [1.807, 2.05) is 18.4 Å². The molecule has 2 heterocycles. The second kappa shape index (κ2) is 6.21. The Labute approximate surface area is 144 Å². The van der Waals surface area contributed by atoms with Gasteiger partial charge in [-0.1, -0.05) is 16.4 Å². The largest absolute Gasteiger partial charge is 0.403 e. The van der Waals surface area contributed by atoms with Crippen LogP contribution >= 0.6 is 23.1 Å². The molecule has 0 radical (unpaired) electrons. The van der Waals surface area contributed by atoms with Crippen LogP contribution in [0.4, 0.5) is 15.5 Å². The lowest BCUT2D eigenvalue weighted by atomic mass is 10.2. The molecule has 2 aromatic heterocycles. The van der Waals surface area contributed by atoms with Crippen molar-refractivity contribution in [3.63, 3.8) is 0 Å². The third-order valence-electron chi connectivity index (χ3n) is 3.33. The van der Waals surface area contributed by atoms with Crippen molar-refractivity contribution in [3.8, 4) is 11.5 Å². The average molecular weight is 358 g/mol. The quantitative estimate of drug-likeness (QED) is 0.521. The number of hydrogen-bond acceptors (Lipinski definition) is 7. The highest BCUT2D eigenvalue weighted by atomic mass is 32.2. The number of nitrogens with zero attached hydrogens (tertiary/aromatic N) is 3. The molecule has 8 heteroatoms. The molecular formula is C16H11FN4OS2. The molecule has 0 atom stereocenters. The highest BCUT2D eigenvalue weighted by Gasteiger charge is 2.11. The van der Waals surface area contributed by atoms with Gasteiger partial charge < -0.3 is 4.42 Å². The maximum Gasteiger partial charge on any atom is 0.322 e. The number of halogens is 1. The van der Waals surface area contributed by atoms with Gasteiger partial charge in [-0.25, -0.2) is 9.37 Å². The van der Waals surface area contributed by atoms with Gasteiger partial charge >= 0.3 is 6.01 Å². The summed E-state index contributed by atoms with van der Waals surface area (Å²) in [5, 5.41) is 11.6. The monoisotopic (exact) mass is 358 g/mol. The van der Waals surface area contributed by atoms with E-state index in [2.05, 4.69) is 26.6 Å². The lowest BCUT2D eigenvalue weighted by molar-refractivity contribution is 0.587. The van der Waals surface area contributed by atoms with Gasteiger partial charge in [-0.2, -0.15) is 0 Å². The van der Waals surface area contributed by atoms with Gasteiger partial charge in [0.1, 0.15) is 5.82 Å². The Kier molecular flexibility index (Phi) is 3.91. The van der Waals surface area contributed by atoms with Crippen LogP contribution in [0.3, 0.4) is 0 Å². The topological polar surface area (TPSA) is 63.8 Å². The first-order valence-electron chi connectivity index (χ1n) is 7.02. The molecule has 4 rings (SSSR count). The molecule has 24 heavy (non-hydrogen) atoms. The molecule has 0 saturated carbocycles. The summed E-state index contributed by atoms with van der Waals surface area (Å²) in [5.41, 5.74) is 1.57. The third kappa shape index (κ3) is 2.98.